The van der Waals surface area contributed by atoms with Gasteiger partial charge in [-0.25, -0.2) is 14.0 Å². The van der Waals surface area contributed by atoms with Crippen LogP contribution in [0.2, 0.25) is 0 Å². The van der Waals surface area contributed by atoms with Crippen LogP contribution in [-0.2, 0) is 0 Å². The number of aromatic carboxylic acids is 1. The van der Waals surface area contributed by atoms with Crippen molar-refractivity contribution in [3.05, 3.63) is 29.6 Å². The molecule has 2 N–H and O–H groups in total. The summed E-state index contributed by atoms with van der Waals surface area (Å²) in [5.74, 6) is -1.16. The minimum absolute atomic E-state index is 0.0294. The van der Waals surface area contributed by atoms with Gasteiger partial charge in [-0.05, 0) is 30.4 Å². The number of carboxylic acids is 1. The van der Waals surface area contributed by atoms with Crippen LogP contribution in [0, 0.1) is 17.7 Å². The number of anilines is 1. The Labute approximate surface area is 116 Å². The predicted molar refractivity (Wildman–Crippen MR) is 72.3 cm³/mol. The maximum absolute atomic E-state index is 13.5. The van der Waals surface area contributed by atoms with E-state index in [4.69, 9.17) is 5.11 Å². The van der Waals surface area contributed by atoms with E-state index in [1.807, 2.05) is 0 Å². The molecule has 5 nitrogen and oxygen atoms in total. The van der Waals surface area contributed by atoms with Crippen molar-refractivity contribution in [3.63, 3.8) is 0 Å². The Morgan fingerprint density at radius 2 is 2.15 bits per heavy atom. The molecule has 0 spiro atoms. The van der Waals surface area contributed by atoms with E-state index in [9.17, 15) is 14.0 Å². The third kappa shape index (κ3) is 3.07. The molecule has 2 atom stereocenters. The van der Waals surface area contributed by atoms with Crippen molar-refractivity contribution in [1.29, 1.82) is 0 Å². The van der Waals surface area contributed by atoms with E-state index in [-0.39, 0.29) is 5.69 Å². The molecule has 2 unspecified atom stereocenters. The van der Waals surface area contributed by atoms with Crippen molar-refractivity contribution in [2.75, 3.05) is 18.9 Å². The maximum Gasteiger partial charge on any atom is 0.340 e. The number of halogens is 1. The summed E-state index contributed by atoms with van der Waals surface area (Å²) in [6, 6.07) is 3.35. The van der Waals surface area contributed by atoms with Gasteiger partial charge < -0.3 is 15.3 Å². The fourth-order valence-corrected chi connectivity index (χ4v) is 2.14. The van der Waals surface area contributed by atoms with E-state index < -0.39 is 23.4 Å². The van der Waals surface area contributed by atoms with Crippen LogP contribution in [0.4, 0.5) is 14.9 Å². The van der Waals surface area contributed by atoms with Crippen molar-refractivity contribution in [1.82, 2.24) is 4.90 Å². The number of benzene rings is 1. The summed E-state index contributed by atoms with van der Waals surface area (Å²) < 4.78 is 13.5. The van der Waals surface area contributed by atoms with Gasteiger partial charge in [-0.2, -0.15) is 0 Å². The van der Waals surface area contributed by atoms with E-state index in [2.05, 4.69) is 12.2 Å². The molecule has 0 aliphatic heterocycles. The van der Waals surface area contributed by atoms with Crippen LogP contribution in [0.3, 0.4) is 0 Å². The molecule has 0 aromatic heterocycles. The quantitative estimate of drug-likeness (QED) is 0.890. The topological polar surface area (TPSA) is 69.6 Å². The Morgan fingerprint density at radius 1 is 1.50 bits per heavy atom. The molecule has 1 aromatic rings. The molecule has 0 saturated heterocycles. The molecule has 0 heterocycles. The molecule has 2 rings (SSSR count). The molecule has 0 bridgehead atoms. The Bertz CT molecular complexity index is 547. The summed E-state index contributed by atoms with van der Waals surface area (Å²) in [6.07, 6.45) is 1.10. The first-order valence-electron chi connectivity index (χ1n) is 6.44. The molecule has 1 aliphatic carbocycles. The van der Waals surface area contributed by atoms with Crippen LogP contribution in [0.5, 0.6) is 0 Å². The average Bonchev–Trinajstić information content (AvgIpc) is 3.04. The minimum Gasteiger partial charge on any atom is -0.478 e. The SMILES string of the molecule is CC1CC1CN(C)C(=O)Nc1cccc(F)c1C(=O)O. The minimum atomic E-state index is -1.41. The summed E-state index contributed by atoms with van der Waals surface area (Å²) in [6.45, 7) is 2.73. The first-order valence-corrected chi connectivity index (χ1v) is 6.44. The smallest absolute Gasteiger partial charge is 0.340 e. The van der Waals surface area contributed by atoms with E-state index in [1.165, 1.54) is 17.0 Å². The highest BCUT2D eigenvalue weighted by molar-refractivity contribution is 6.00. The van der Waals surface area contributed by atoms with Gasteiger partial charge in [-0.15, -0.1) is 0 Å². The number of nitrogens with one attached hydrogen (secondary N) is 1. The number of nitrogens with zero attached hydrogens (tertiary/aromatic N) is 1. The van der Waals surface area contributed by atoms with Crippen molar-refractivity contribution in [3.8, 4) is 0 Å². The van der Waals surface area contributed by atoms with Gasteiger partial charge in [0.2, 0.25) is 0 Å². The number of amides is 2. The Hall–Kier alpha value is -2.11. The lowest BCUT2D eigenvalue weighted by molar-refractivity contribution is 0.0693. The van der Waals surface area contributed by atoms with Crippen LogP contribution in [0.25, 0.3) is 0 Å². The second-order valence-electron chi connectivity index (χ2n) is 5.25. The fourth-order valence-electron chi connectivity index (χ4n) is 2.14. The molecule has 20 heavy (non-hydrogen) atoms. The zero-order valence-corrected chi connectivity index (χ0v) is 11.4. The second kappa shape index (κ2) is 5.48. The largest absolute Gasteiger partial charge is 0.478 e. The standard InChI is InChI=1S/C14H17FN2O3/c1-8-6-9(8)7-17(2)14(20)16-11-5-3-4-10(15)12(11)13(18)19/h3-5,8-9H,6-7H2,1-2H3,(H,16,20)(H,18,19). The predicted octanol–water partition coefficient (Wildman–Crippen LogP) is 2.64. The number of carbonyl (C=O) groups excluding carboxylic acids is 1. The lowest BCUT2D eigenvalue weighted by Crippen LogP contribution is -2.33. The van der Waals surface area contributed by atoms with Crippen LogP contribution >= 0.6 is 0 Å². The molecule has 1 fully saturated rings. The summed E-state index contributed by atoms with van der Waals surface area (Å²) in [4.78, 5) is 24.5. The highest BCUT2D eigenvalue weighted by Crippen LogP contribution is 2.38. The summed E-state index contributed by atoms with van der Waals surface area (Å²) in [5, 5.41) is 11.4. The average molecular weight is 280 g/mol. The van der Waals surface area contributed by atoms with Gasteiger partial charge in [0, 0.05) is 13.6 Å². The molecule has 108 valence electrons. The third-order valence-corrected chi connectivity index (χ3v) is 3.60. The summed E-state index contributed by atoms with van der Waals surface area (Å²) in [7, 11) is 1.64. The fraction of sp³-hybridized carbons (Fsp3) is 0.429. The van der Waals surface area contributed by atoms with Crippen LogP contribution in [0.1, 0.15) is 23.7 Å². The van der Waals surface area contributed by atoms with E-state index in [1.54, 1.807) is 7.05 Å². The van der Waals surface area contributed by atoms with Gasteiger partial charge in [-0.1, -0.05) is 13.0 Å². The summed E-state index contributed by atoms with van der Waals surface area (Å²) >= 11 is 0. The van der Waals surface area contributed by atoms with Gasteiger partial charge >= 0.3 is 12.0 Å². The van der Waals surface area contributed by atoms with Crippen molar-refractivity contribution in [2.45, 2.75) is 13.3 Å². The molecule has 1 saturated carbocycles. The van der Waals surface area contributed by atoms with E-state index in [0.717, 1.165) is 12.5 Å². The lowest BCUT2D eigenvalue weighted by atomic mass is 10.1. The molecule has 1 aromatic carbocycles. The van der Waals surface area contributed by atoms with Gasteiger partial charge in [0.1, 0.15) is 11.4 Å². The van der Waals surface area contributed by atoms with Crippen molar-refractivity contribution >= 4 is 17.7 Å². The normalized spacial score (nSPS) is 20.4. The number of carboxylic acid groups (broad SMARTS) is 1. The van der Waals surface area contributed by atoms with Crippen LogP contribution < -0.4 is 5.32 Å². The molecule has 6 heteroatoms. The number of carbonyl (C=O) groups is 2. The van der Waals surface area contributed by atoms with Crippen molar-refractivity contribution in [2.24, 2.45) is 11.8 Å². The molecular weight excluding hydrogens is 263 g/mol. The maximum atomic E-state index is 13.5. The monoisotopic (exact) mass is 280 g/mol. The Balaban J connectivity index is 2.07. The number of rotatable bonds is 4. The molecule has 0 radical (unpaired) electrons. The van der Waals surface area contributed by atoms with Gasteiger partial charge in [0.15, 0.2) is 0 Å². The molecule has 1 aliphatic rings. The lowest BCUT2D eigenvalue weighted by Gasteiger charge is -2.18. The van der Waals surface area contributed by atoms with E-state index >= 15 is 0 Å². The van der Waals surface area contributed by atoms with Crippen LogP contribution in [0.15, 0.2) is 18.2 Å². The summed E-state index contributed by atoms with van der Waals surface area (Å²) in [5.41, 5.74) is -0.549. The van der Waals surface area contributed by atoms with Crippen molar-refractivity contribution < 1.29 is 19.1 Å². The zero-order chi connectivity index (χ0) is 14.9. The third-order valence-electron chi connectivity index (χ3n) is 3.60. The van der Waals surface area contributed by atoms with E-state index in [0.29, 0.717) is 18.4 Å². The number of hydrogen-bond acceptors (Lipinski definition) is 2. The zero-order valence-electron chi connectivity index (χ0n) is 11.4. The second-order valence-corrected chi connectivity index (χ2v) is 5.25. The first kappa shape index (κ1) is 14.3. The van der Waals surface area contributed by atoms with Crippen LogP contribution in [-0.4, -0.2) is 35.6 Å². The number of urea groups is 1. The first-order chi connectivity index (χ1) is 9.40. The van der Waals surface area contributed by atoms with Gasteiger partial charge in [0.25, 0.3) is 0 Å². The molecule has 2 amide bonds. The Morgan fingerprint density at radius 3 is 2.70 bits per heavy atom. The Kier molecular flexibility index (Phi) is 3.92. The van der Waals surface area contributed by atoms with Gasteiger partial charge in [0.05, 0.1) is 5.69 Å². The molecular formula is C14H17FN2O3. The van der Waals surface area contributed by atoms with Gasteiger partial charge in [-0.3, -0.25) is 0 Å². The highest BCUT2D eigenvalue weighted by atomic mass is 19.1. The number of hydrogen-bond donors (Lipinski definition) is 2. The highest BCUT2D eigenvalue weighted by Gasteiger charge is 2.34.